The maximum atomic E-state index is 14.2. The van der Waals surface area contributed by atoms with Gasteiger partial charge in [-0.1, -0.05) is 25.1 Å². The van der Waals surface area contributed by atoms with Crippen LogP contribution in [0.25, 0.3) is 17.0 Å². The number of nitrogens with zero attached hydrogens (tertiary/aromatic N) is 6. The first kappa shape index (κ1) is 21.0. The fourth-order valence-electron chi connectivity index (χ4n) is 3.48. The summed E-state index contributed by atoms with van der Waals surface area (Å²) in [5, 5.41) is 13.8. The fraction of sp³-hybridized carbons (Fsp3) is 0.190. The van der Waals surface area contributed by atoms with E-state index in [4.69, 9.17) is 11.5 Å². The standard InChI is InChI=1S/C21H21FN8O2/c1-2-10-29(21(31)32)17-18(23)27-20(28-19(17)24)16-14-8-5-9-25-30(14)15(26-16)11-12-6-3-4-7-13(12)22/h3-9H,2,10-11H2,1H3,(H,31,32)(H4,23,24,27,28). The summed E-state index contributed by atoms with van der Waals surface area (Å²) < 4.78 is 15.8. The van der Waals surface area contributed by atoms with Gasteiger partial charge in [0.05, 0.1) is 5.52 Å². The lowest BCUT2D eigenvalue weighted by molar-refractivity contribution is 0.202. The zero-order valence-corrected chi connectivity index (χ0v) is 17.2. The Morgan fingerprint density at radius 1 is 1.12 bits per heavy atom. The number of hydrogen-bond acceptors (Lipinski definition) is 7. The summed E-state index contributed by atoms with van der Waals surface area (Å²) in [5.41, 5.74) is 13.6. The molecule has 3 aromatic heterocycles. The van der Waals surface area contributed by atoms with Crippen LogP contribution >= 0.6 is 0 Å². The summed E-state index contributed by atoms with van der Waals surface area (Å²) in [4.78, 5) is 25.8. The molecule has 11 heteroatoms. The minimum atomic E-state index is -1.20. The monoisotopic (exact) mass is 436 g/mol. The second kappa shape index (κ2) is 8.46. The highest BCUT2D eigenvalue weighted by molar-refractivity contribution is 5.94. The molecule has 3 heterocycles. The molecular formula is C21H21FN8O2. The molecule has 0 aliphatic rings. The molecule has 0 bridgehead atoms. The molecule has 0 spiro atoms. The van der Waals surface area contributed by atoms with E-state index in [9.17, 15) is 14.3 Å². The van der Waals surface area contributed by atoms with Crippen molar-refractivity contribution in [3.63, 3.8) is 0 Å². The normalized spacial score (nSPS) is 11.1. The zero-order valence-electron chi connectivity index (χ0n) is 17.2. The van der Waals surface area contributed by atoms with Gasteiger partial charge in [0, 0.05) is 19.2 Å². The summed E-state index contributed by atoms with van der Waals surface area (Å²) in [5.74, 6) is 0.0909. The zero-order chi connectivity index (χ0) is 22.8. The Labute approximate surface area is 182 Å². The molecule has 1 aromatic carbocycles. The highest BCUT2D eigenvalue weighted by Gasteiger charge is 2.24. The predicted molar refractivity (Wildman–Crippen MR) is 118 cm³/mol. The summed E-state index contributed by atoms with van der Waals surface area (Å²) in [6, 6.07) is 9.91. The van der Waals surface area contributed by atoms with Gasteiger partial charge < -0.3 is 16.6 Å². The lowest BCUT2D eigenvalue weighted by Crippen LogP contribution is -2.32. The number of imidazole rings is 1. The summed E-state index contributed by atoms with van der Waals surface area (Å²) in [7, 11) is 0. The second-order valence-electron chi connectivity index (χ2n) is 7.07. The van der Waals surface area contributed by atoms with Crippen LogP contribution in [0.5, 0.6) is 0 Å². The van der Waals surface area contributed by atoms with Gasteiger partial charge in [0.25, 0.3) is 0 Å². The van der Waals surface area contributed by atoms with Crippen LogP contribution in [0.15, 0.2) is 42.6 Å². The third kappa shape index (κ3) is 3.75. The van der Waals surface area contributed by atoms with Crippen molar-refractivity contribution in [2.24, 2.45) is 0 Å². The lowest BCUT2D eigenvalue weighted by atomic mass is 10.1. The van der Waals surface area contributed by atoms with E-state index >= 15 is 0 Å². The van der Waals surface area contributed by atoms with Gasteiger partial charge in [0.1, 0.15) is 23.0 Å². The van der Waals surface area contributed by atoms with E-state index < -0.39 is 6.09 Å². The first-order valence-electron chi connectivity index (χ1n) is 9.90. The van der Waals surface area contributed by atoms with Gasteiger partial charge in [0.2, 0.25) is 0 Å². The number of carbonyl (C=O) groups is 1. The van der Waals surface area contributed by atoms with Crippen LogP contribution in [-0.2, 0) is 6.42 Å². The van der Waals surface area contributed by atoms with Crippen molar-refractivity contribution in [2.75, 3.05) is 22.9 Å². The first-order chi connectivity index (χ1) is 15.4. The van der Waals surface area contributed by atoms with Crippen LogP contribution in [0.2, 0.25) is 0 Å². The molecule has 5 N–H and O–H groups in total. The van der Waals surface area contributed by atoms with Crippen LogP contribution < -0.4 is 16.4 Å². The molecule has 0 atom stereocenters. The fourth-order valence-corrected chi connectivity index (χ4v) is 3.48. The highest BCUT2D eigenvalue weighted by atomic mass is 19.1. The van der Waals surface area contributed by atoms with Crippen molar-refractivity contribution in [1.29, 1.82) is 0 Å². The van der Waals surface area contributed by atoms with Gasteiger partial charge in [-0.2, -0.15) is 5.10 Å². The van der Waals surface area contributed by atoms with Gasteiger partial charge in [-0.25, -0.2) is 28.7 Å². The Balaban J connectivity index is 1.82. The van der Waals surface area contributed by atoms with Gasteiger partial charge in [0.15, 0.2) is 17.5 Å². The van der Waals surface area contributed by atoms with Crippen molar-refractivity contribution < 1.29 is 14.3 Å². The van der Waals surface area contributed by atoms with E-state index in [1.807, 2.05) is 6.92 Å². The van der Waals surface area contributed by atoms with E-state index in [-0.39, 0.29) is 41.9 Å². The van der Waals surface area contributed by atoms with Crippen molar-refractivity contribution in [3.8, 4) is 11.5 Å². The van der Waals surface area contributed by atoms with Crippen LogP contribution in [-0.4, -0.2) is 42.3 Å². The molecule has 0 unspecified atom stereocenters. The molecule has 0 aliphatic heterocycles. The molecule has 164 valence electrons. The second-order valence-corrected chi connectivity index (χ2v) is 7.07. The molecule has 0 radical (unpaired) electrons. The van der Waals surface area contributed by atoms with Crippen LogP contribution in [0, 0.1) is 5.82 Å². The summed E-state index contributed by atoms with van der Waals surface area (Å²) >= 11 is 0. The Kier molecular flexibility index (Phi) is 5.54. The maximum absolute atomic E-state index is 14.2. The molecule has 0 saturated carbocycles. The average molecular weight is 436 g/mol. The lowest BCUT2D eigenvalue weighted by Gasteiger charge is -2.21. The number of aromatic nitrogens is 5. The van der Waals surface area contributed by atoms with E-state index in [0.29, 0.717) is 29.0 Å². The third-order valence-electron chi connectivity index (χ3n) is 4.88. The SMILES string of the molecule is CCCN(C(=O)O)c1c(N)nc(-c2nc(Cc3ccccc3F)n3ncccc23)nc1N. The van der Waals surface area contributed by atoms with Gasteiger partial charge in [-0.3, -0.25) is 4.90 Å². The van der Waals surface area contributed by atoms with Crippen LogP contribution in [0.4, 0.5) is 26.5 Å². The highest BCUT2D eigenvalue weighted by Crippen LogP contribution is 2.32. The van der Waals surface area contributed by atoms with Crippen LogP contribution in [0.1, 0.15) is 24.7 Å². The van der Waals surface area contributed by atoms with Crippen molar-refractivity contribution in [2.45, 2.75) is 19.8 Å². The number of nitrogens with two attached hydrogens (primary N) is 2. The number of fused-ring (bicyclic) bond motifs is 1. The van der Waals surface area contributed by atoms with Gasteiger partial charge in [-0.05, 0) is 30.2 Å². The van der Waals surface area contributed by atoms with Gasteiger partial charge in [-0.15, -0.1) is 0 Å². The number of halogens is 1. The minimum Gasteiger partial charge on any atom is -0.465 e. The van der Waals surface area contributed by atoms with E-state index in [2.05, 4.69) is 20.1 Å². The van der Waals surface area contributed by atoms with Crippen molar-refractivity contribution in [1.82, 2.24) is 24.6 Å². The number of nitrogen functional groups attached to an aromatic ring is 2. The Bertz CT molecular complexity index is 1280. The van der Waals surface area contributed by atoms with E-state index in [0.717, 1.165) is 4.90 Å². The molecule has 4 rings (SSSR count). The predicted octanol–water partition coefficient (Wildman–Crippen LogP) is 2.98. The molecule has 4 aromatic rings. The topological polar surface area (TPSA) is 149 Å². The number of carboxylic acid groups (broad SMARTS) is 1. The minimum absolute atomic E-state index is 0.0383. The van der Waals surface area contributed by atoms with E-state index in [1.54, 1.807) is 41.0 Å². The third-order valence-corrected chi connectivity index (χ3v) is 4.88. The Morgan fingerprint density at radius 2 is 1.84 bits per heavy atom. The molecular weight excluding hydrogens is 415 g/mol. The number of hydrogen-bond donors (Lipinski definition) is 3. The maximum Gasteiger partial charge on any atom is 0.412 e. The van der Waals surface area contributed by atoms with Crippen molar-refractivity contribution in [3.05, 3.63) is 59.8 Å². The number of rotatable bonds is 6. The molecule has 10 nitrogen and oxygen atoms in total. The number of anilines is 3. The summed E-state index contributed by atoms with van der Waals surface area (Å²) in [6.45, 7) is 2.02. The molecule has 1 amide bonds. The number of benzene rings is 1. The average Bonchev–Trinajstić information content (AvgIpc) is 3.13. The first-order valence-corrected chi connectivity index (χ1v) is 9.90. The molecule has 0 aliphatic carbocycles. The van der Waals surface area contributed by atoms with E-state index in [1.165, 1.54) is 6.07 Å². The smallest absolute Gasteiger partial charge is 0.412 e. The molecule has 0 fully saturated rings. The van der Waals surface area contributed by atoms with Crippen LogP contribution in [0.3, 0.4) is 0 Å². The van der Waals surface area contributed by atoms with Crippen molar-refractivity contribution >= 4 is 28.9 Å². The Hall–Kier alpha value is -4.28. The Morgan fingerprint density at radius 3 is 2.50 bits per heavy atom. The quantitative estimate of drug-likeness (QED) is 0.418. The number of amides is 1. The van der Waals surface area contributed by atoms with Gasteiger partial charge >= 0.3 is 6.09 Å². The summed E-state index contributed by atoms with van der Waals surface area (Å²) in [6.07, 6.45) is 1.14. The molecule has 32 heavy (non-hydrogen) atoms. The molecule has 0 saturated heterocycles. The largest absolute Gasteiger partial charge is 0.465 e.